The number of ketones is 3. The lowest BCUT2D eigenvalue weighted by molar-refractivity contribution is -0.113. The number of phenolic OH excluding ortho intramolecular Hbond substituents is 1. The summed E-state index contributed by atoms with van der Waals surface area (Å²) in [5.74, 6) is 0.491. The summed E-state index contributed by atoms with van der Waals surface area (Å²) in [5, 5.41) is 10.3. The summed E-state index contributed by atoms with van der Waals surface area (Å²) in [5.41, 5.74) is 4.32. The van der Waals surface area contributed by atoms with Gasteiger partial charge >= 0.3 is 8.80 Å². The van der Waals surface area contributed by atoms with E-state index in [1.165, 1.54) is 63.8 Å². The molecule has 232 valence electrons. The highest BCUT2D eigenvalue weighted by molar-refractivity contribution is 6.61. The maximum atomic E-state index is 11.8. The molecule has 7 nitrogen and oxygen atoms in total. The summed E-state index contributed by atoms with van der Waals surface area (Å²) in [6, 6.07) is 14.2. The van der Waals surface area contributed by atoms with Crippen molar-refractivity contribution in [3.63, 3.8) is 0 Å². The minimum Gasteiger partial charge on any atom is -0.508 e. The average molecular weight is 607 g/mol. The summed E-state index contributed by atoms with van der Waals surface area (Å²) in [4.78, 5) is 35.4. The number of hydrogen-bond donors (Lipinski definition) is 1. The second-order valence-electron chi connectivity index (χ2n) is 10.9. The zero-order valence-corrected chi connectivity index (χ0v) is 27.6. The molecule has 0 bridgehead atoms. The summed E-state index contributed by atoms with van der Waals surface area (Å²) in [7, 11) is -3.70. The van der Waals surface area contributed by atoms with Crippen LogP contribution >= 0.6 is 0 Å². The highest BCUT2D eigenvalue weighted by Crippen LogP contribution is 2.32. The van der Waals surface area contributed by atoms with Crippen molar-refractivity contribution < 1.29 is 32.8 Å². The Bertz CT molecular complexity index is 1270. The molecule has 0 fully saturated rings. The van der Waals surface area contributed by atoms with Crippen LogP contribution in [0.2, 0.25) is 6.04 Å². The van der Waals surface area contributed by atoms with Crippen molar-refractivity contribution in [2.75, 3.05) is 0 Å². The van der Waals surface area contributed by atoms with Crippen LogP contribution in [0.5, 0.6) is 5.75 Å². The number of rotatable bonds is 18. The molecule has 0 heterocycles. The monoisotopic (exact) mass is 606 g/mol. The Morgan fingerprint density at radius 2 is 1.21 bits per heavy atom. The highest BCUT2D eigenvalue weighted by Gasteiger charge is 2.49. The van der Waals surface area contributed by atoms with Crippen LogP contribution in [0.1, 0.15) is 85.3 Å². The van der Waals surface area contributed by atoms with Gasteiger partial charge in [0.25, 0.3) is 0 Å². The minimum atomic E-state index is -3.70. The maximum absolute atomic E-state index is 11.8. The topological polar surface area (TPSA) is 99.1 Å². The predicted molar refractivity (Wildman–Crippen MR) is 172 cm³/mol. The molecule has 2 aromatic carbocycles. The van der Waals surface area contributed by atoms with Crippen LogP contribution < -0.4 is 0 Å². The Hall–Kier alpha value is -3.91. The smallest absolute Gasteiger partial charge is 0.508 e. The van der Waals surface area contributed by atoms with Crippen molar-refractivity contribution in [1.82, 2.24) is 0 Å². The van der Waals surface area contributed by atoms with E-state index in [4.69, 9.17) is 13.3 Å². The van der Waals surface area contributed by atoms with E-state index in [1.807, 2.05) is 6.07 Å². The number of hydrogen-bond acceptors (Lipinski definition) is 7. The first-order valence-electron chi connectivity index (χ1n) is 14.9. The van der Waals surface area contributed by atoms with Crippen LogP contribution in [0.4, 0.5) is 0 Å². The van der Waals surface area contributed by atoms with E-state index in [0.717, 1.165) is 23.1 Å². The standard InChI is InChI=1S/C35H46O7Si/c1-8-9-10-12-31-14-16-32(17-15-31)35-19-18-34(39)24-33(35)13-11-20-43(40-28(5)21-25(2)36,41-29(6)22-26(3)37)42-30(7)23-27(4)38/h14-19,21-24,39H,8-13,20H2,1-7H3. The van der Waals surface area contributed by atoms with Crippen molar-refractivity contribution in [2.24, 2.45) is 0 Å². The lowest BCUT2D eigenvalue weighted by atomic mass is 9.95. The molecule has 0 aliphatic rings. The molecule has 8 heteroatoms. The van der Waals surface area contributed by atoms with Crippen molar-refractivity contribution in [2.45, 2.75) is 93.0 Å². The molecule has 0 saturated carbocycles. The molecule has 0 unspecified atom stereocenters. The molecule has 0 saturated heterocycles. The Kier molecular flexibility index (Phi) is 14.2. The minimum absolute atomic E-state index is 0.169. The number of aromatic hydroxyl groups is 1. The number of benzene rings is 2. The Morgan fingerprint density at radius 3 is 1.67 bits per heavy atom. The van der Waals surface area contributed by atoms with Gasteiger partial charge in [-0.15, -0.1) is 0 Å². The van der Waals surface area contributed by atoms with Crippen LogP contribution in [0.25, 0.3) is 11.1 Å². The maximum Gasteiger partial charge on any atom is 0.698 e. The number of aryl methyl sites for hydroxylation is 2. The summed E-state index contributed by atoms with van der Waals surface area (Å²) in [6.07, 6.45) is 9.76. The van der Waals surface area contributed by atoms with Gasteiger partial charge in [0.05, 0.1) is 23.3 Å². The zero-order chi connectivity index (χ0) is 32.0. The zero-order valence-electron chi connectivity index (χ0n) is 26.6. The fourth-order valence-electron chi connectivity index (χ4n) is 4.89. The first kappa shape index (κ1) is 35.3. The molecule has 43 heavy (non-hydrogen) atoms. The van der Waals surface area contributed by atoms with Gasteiger partial charge in [-0.1, -0.05) is 50.1 Å². The molecule has 0 aliphatic carbocycles. The normalized spacial score (nSPS) is 13.7. The molecule has 0 aliphatic heterocycles. The lowest BCUT2D eigenvalue weighted by Crippen LogP contribution is -2.44. The number of carbonyl (C=O) groups is 3. The largest absolute Gasteiger partial charge is 0.698 e. The third kappa shape index (κ3) is 12.9. The number of unbranched alkanes of at least 4 members (excludes halogenated alkanes) is 2. The van der Waals surface area contributed by atoms with E-state index in [0.29, 0.717) is 36.2 Å². The molecule has 1 N–H and O–H groups in total. The van der Waals surface area contributed by atoms with E-state index in [9.17, 15) is 19.5 Å². The van der Waals surface area contributed by atoms with E-state index >= 15 is 0 Å². The SMILES string of the molecule is CCCCCc1ccc(-c2ccc(O)cc2CCC[Si](OC(C)=CC(C)=O)(OC(C)=CC(C)=O)OC(C)=CC(C)=O)cc1. The Labute approximate surface area is 257 Å². The first-order chi connectivity index (χ1) is 20.3. The summed E-state index contributed by atoms with van der Waals surface area (Å²) in [6.45, 7) is 11.4. The van der Waals surface area contributed by atoms with E-state index in [1.54, 1.807) is 32.9 Å². The number of allylic oxidation sites excluding steroid dienone is 6. The van der Waals surface area contributed by atoms with Crippen molar-refractivity contribution in [1.29, 1.82) is 0 Å². The van der Waals surface area contributed by atoms with Gasteiger partial charge in [-0.2, -0.15) is 0 Å². The molecule has 0 amide bonds. The third-order valence-corrected chi connectivity index (χ3v) is 9.39. The van der Waals surface area contributed by atoms with Gasteiger partial charge < -0.3 is 18.4 Å². The molecule has 0 radical (unpaired) electrons. The first-order valence-corrected chi connectivity index (χ1v) is 16.8. The average Bonchev–Trinajstić information content (AvgIpc) is 2.88. The van der Waals surface area contributed by atoms with Crippen molar-refractivity contribution in [3.8, 4) is 16.9 Å². The van der Waals surface area contributed by atoms with Gasteiger partial charge in [0.1, 0.15) is 5.75 Å². The molecular formula is C35H46O7Si. The fourth-order valence-corrected chi connectivity index (χ4v) is 7.58. The van der Waals surface area contributed by atoms with Gasteiger partial charge in [-0.25, -0.2) is 0 Å². The van der Waals surface area contributed by atoms with Crippen LogP contribution in [0, 0.1) is 0 Å². The summed E-state index contributed by atoms with van der Waals surface area (Å²) >= 11 is 0. The van der Waals surface area contributed by atoms with Crippen LogP contribution in [0.3, 0.4) is 0 Å². The molecule has 2 rings (SSSR count). The van der Waals surface area contributed by atoms with Gasteiger partial charge in [-0.3, -0.25) is 14.4 Å². The third-order valence-electron chi connectivity index (χ3n) is 6.52. The number of carbonyl (C=O) groups excluding carboxylic acids is 3. The van der Waals surface area contributed by atoms with Gasteiger partial charge in [0.15, 0.2) is 17.3 Å². The second-order valence-corrected chi connectivity index (χ2v) is 13.4. The Morgan fingerprint density at radius 1 is 0.698 bits per heavy atom. The van der Waals surface area contributed by atoms with Gasteiger partial charge in [-0.05, 0) is 102 Å². The molecule has 0 aromatic heterocycles. The van der Waals surface area contributed by atoms with E-state index < -0.39 is 8.80 Å². The molecule has 2 aromatic rings. The number of phenols is 1. The van der Waals surface area contributed by atoms with Crippen LogP contribution in [-0.4, -0.2) is 31.3 Å². The summed E-state index contributed by atoms with van der Waals surface area (Å²) < 4.78 is 18.8. The molecule has 0 spiro atoms. The second kappa shape index (κ2) is 17.3. The van der Waals surface area contributed by atoms with Crippen molar-refractivity contribution >= 4 is 26.2 Å². The van der Waals surface area contributed by atoms with E-state index in [2.05, 4.69) is 31.2 Å². The van der Waals surface area contributed by atoms with Gasteiger partial charge in [0, 0.05) is 18.2 Å². The molecular weight excluding hydrogens is 560 g/mol. The molecule has 0 atom stereocenters. The highest BCUT2D eigenvalue weighted by atomic mass is 28.4. The fraction of sp³-hybridized carbons (Fsp3) is 0.400. The predicted octanol–water partition coefficient (Wildman–Crippen LogP) is 8.19. The van der Waals surface area contributed by atoms with E-state index in [-0.39, 0.29) is 23.1 Å². The Balaban J connectivity index is 2.43. The van der Waals surface area contributed by atoms with Gasteiger partial charge in [0.2, 0.25) is 0 Å². The quantitative estimate of drug-likeness (QED) is 0.0790. The lowest BCUT2D eigenvalue weighted by Gasteiger charge is -2.31. The van der Waals surface area contributed by atoms with Crippen LogP contribution in [-0.2, 0) is 40.5 Å². The van der Waals surface area contributed by atoms with Crippen LogP contribution in [0.15, 0.2) is 78.0 Å². The van der Waals surface area contributed by atoms with Crippen molar-refractivity contribution in [3.05, 3.63) is 89.1 Å².